The summed E-state index contributed by atoms with van der Waals surface area (Å²) in [5, 5.41) is 9.18. The number of thioether (sulfide) groups is 1. The number of carbonyl (C=O) groups is 3. The molecule has 0 spiro atoms. The molecule has 1 aliphatic heterocycles. The van der Waals surface area contributed by atoms with Crippen molar-refractivity contribution in [1.82, 2.24) is 4.90 Å². The monoisotopic (exact) mass is 601 g/mol. The Labute approximate surface area is 248 Å². The number of nitrogens with zero attached hydrogens (tertiary/aromatic N) is 1. The number of ether oxygens (including phenoxy) is 2. The maximum atomic E-state index is 13.7. The molecule has 0 saturated carbocycles. The van der Waals surface area contributed by atoms with Crippen LogP contribution in [0.25, 0.3) is 0 Å². The van der Waals surface area contributed by atoms with Gasteiger partial charge in [-0.3, -0.25) is 4.79 Å². The zero-order chi connectivity index (χ0) is 30.3. The number of benzene rings is 3. The minimum absolute atomic E-state index is 0.00521. The number of carboxylic acid groups (broad SMARTS) is 1. The van der Waals surface area contributed by atoms with Crippen molar-refractivity contribution in [2.75, 3.05) is 19.3 Å². The molecule has 1 unspecified atom stereocenters. The van der Waals surface area contributed by atoms with Crippen LogP contribution in [0.1, 0.15) is 41.8 Å². The largest absolute Gasteiger partial charge is 0.478 e. The van der Waals surface area contributed by atoms with Crippen LogP contribution in [0, 0.1) is 25.6 Å². The average molecular weight is 602 g/mol. The Bertz CT molecular complexity index is 1390. The molecule has 1 N–H and O–H groups in total. The molecule has 0 bridgehead atoms. The van der Waals surface area contributed by atoms with Crippen LogP contribution in [-0.2, 0) is 4.79 Å². The van der Waals surface area contributed by atoms with Crippen LogP contribution in [0.2, 0.25) is 5.02 Å². The van der Waals surface area contributed by atoms with Gasteiger partial charge in [0.25, 0.3) is 0 Å². The van der Waals surface area contributed by atoms with Crippen LogP contribution < -0.4 is 9.47 Å². The van der Waals surface area contributed by atoms with Crippen molar-refractivity contribution >= 4 is 41.2 Å². The third-order valence-electron chi connectivity index (χ3n) is 6.56. The lowest BCUT2D eigenvalue weighted by Crippen LogP contribution is -2.38. The first kappa shape index (κ1) is 32.0. The zero-order valence-electron chi connectivity index (χ0n) is 23.6. The van der Waals surface area contributed by atoms with E-state index in [0.717, 1.165) is 22.1 Å². The van der Waals surface area contributed by atoms with Gasteiger partial charge < -0.3 is 19.5 Å². The molecule has 1 fully saturated rings. The Morgan fingerprint density at radius 2 is 1.68 bits per heavy atom. The minimum Gasteiger partial charge on any atom is -0.478 e. The lowest BCUT2D eigenvalue weighted by molar-refractivity contribution is -0.152. The number of ketones is 1. The normalized spacial score (nSPS) is 14.6. The Kier molecular flexibility index (Phi) is 10.8. The van der Waals surface area contributed by atoms with E-state index in [-0.39, 0.29) is 29.0 Å². The van der Waals surface area contributed by atoms with Gasteiger partial charge in [-0.05, 0) is 81.8 Å². The molecule has 1 atom stereocenters. The van der Waals surface area contributed by atoms with E-state index in [1.54, 1.807) is 37.7 Å². The molecule has 1 heterocycles. The standard InChI is InChI=1S/C19H17ClFNO3S.C12H16O3/c1-26-15-5-2-12(3-6-15)18(23)13-8-9-22(11-13)19(24)25-17-7-4-14(20)10-16(17)21;1-8-6-5-7-9(2)10(8)15-12(3,4)11(13)14/h2-7,10,13H,8-9,11H2,1H3;5-7H,1-4H3,(H,13,14). The van der Waals surface area contributed by atoms with Crippen molar-refractivity contribution in [1.29, 1.82) is 0 Å². The highest BCUT2D eigenvalue weighted by Gasteiger charge is 2.33. The van der Waals surface area contributed by atoms with Crippen LogP contribution in [0.15, 0.2) is 65.6 Å². The maximum Gasteiger partial charge on any atom is 0.415 e. The second-order valence-electron chi connectivity index (χ2n) is 10.1. The van der Waals surface area contributed by atoms with Gasteiger partial charge in [-0.1, -0.05) is 41.9 Å². The van der Waals surface area contributed by atoms with Gasteiger partial charge in [0.15, 0.2) is 23.0 Å². The number of aliphatic carboxylic acids is 1. The quantitative estimate of drug-likeness (QED) is 0.222. The molecule has 0 aromatic heterocycles. The average Bonchev–Trinajstić information content (AvgIpc) is 3.43. The molecule has 3 aromatic carbocycles. The summed E-state index contributed by atoms with van der Waals surface area (Å²) >= 11 is 7.29. The number of halogens is 2. The second-order valence-corrected chi connectivity index (χ2v) is 11.4. The molecule has 1 saturated heterocycles. The lowest BCUT2D eigenvalue weighted by Gasteiger charge is -2.23. The molecule has 7 nitrogen and oxygen atoms in total. The van der Waals surface area contributed by atoms with Crippen molar-refractivity contribution < 1.29 is 33.4 Å². The topological polar surface area (TPSA) is 93.1 Å². The molecule has 1 aliphatic rings. The van der Waals surface area contributed by atoms with E-state index in [2.05, 4.69) is 0 Å². The number of likely N-dealkylation sites (tertiary alicyclic amines) is 1. The van der Waals surface area contributed by atoms with Crippen LogP contribution in [0.5, 0.6) is 11.5 Å². The van der Waals surface area contributed by atoms with Crippen molar-refractivity contribution in [3.63, 3.8) is 0 Å². The summed E-state index contributed by atoms with van der Waals surface area (Å²) in [4.78, 5) is 38.3. The highest BCUT2D eigenvalue weighted by atomic mass is 35.5. The molecule has 10 heteroatoms. The van der Waals surface area contributed by atoms with Crippen molar-refractivity contribution in [2.24, 2.45) is 5.92 Å². The van der Waals surface area contributed by atoms with Crippen molar-refractivity contribution in [2.45, 2.75) is 44.6 Å². The highest BCUT2D eigenvalue weighted by molar-refractivity contribution is 7.98. The second kappa shape index (κ2) is 13.9. The fraction of sp³-hybridized carbons (Fsp3) is 0.323. The van der Waals surface area contributed by atoms with E-state index < -0.39 is 23.5 Å². The van der Waals surface area contributed by atoms with Crippen molar-refractivity contribution in [3.05, 3.63) is 88.2 Å². The predicted octanol–water partition coefficient (Wildman–Crippen LogP) is 7.45. The molecule has 0 radical (unpaired) electrons. The number of hydrogen-bond acceptors (Lipinski definition) is 6. The highest BCUT2D eigenvalue weighted by Crippen LogP contribution is 2.27. The van der Waals surface area contributed by atoms with Crippen molar-refractivity contribution in [3.8, 4) is 11.5 Å². The first-order valence-electron chi connectivity index (χ1n) is 12.9. The smallest absolute Gasteiger partial charge is 0.415 e. The van der Waals surface area contributed by atoms with E-state index in [1.165, 1.54) is 17.0 Å². The Morgan fingerprint density at radius 1 is 1.05 bits per heavy atom. The fourth-order valence-electron chi connectivity index (χ4n) is 4.11. The van der Waals surface area contributed by atoms with Gasteiger partial charge in [-0.15, -0.1) is 11.8 Å². The fourth-order valence-corrected chi connectivity index (χ4v) is 4.67. The van der Waals surface area contributed by atoms with Gasteiger partial charge in [0.1, 0.15) is 5.75 Å². The minimum atomic E-state index is -1.20. The van der Waals surface area contributed by atoms with Crippen LogP contribution in [0.4, 0.5) is 9.18 Å². The number of para-hydroxylation sites is 1. The SMILES string of the molecule is CSc1ccc(C(=O)C2CCN(C(=O)Oc3ccc(Cl)cc3F)C2)cc1.Cc1cccc(C)c1OC(C)(C)C(=O)O. The molecule has 1 amide bonds. The molecular weight excluding hydrogens is 569 g/mol. The molecule has 4 rings (SSSR count). The van der Waals surface area contributed by atoms with Gasteiger partial charge in [-0.2, -0.15) is 0 Å². The van der Waals surface area contributed by atoms with Crippen LogP contribution >= 0.6 is 23.4 Å². The van der Waals surface area contributed by atoms with E-state index in [9.17, 15) is 18.8 Å². The Hall–Kier alpha value is -3.56. The van der Waals surface area contributed by atoms with E-state index in [1.807, 2.05) is 50.4 Å². The Morgan fingerprint density at radius 3 is 2.24 bits per heavy atom. The van der Waals surface area contributed by atoms with E-state index in [4.69, 9.17) is 26.2 Å². The first-order chi connectivity index (χ1) is 19.3. The molecule has 0 aliphatic carbocycles. The predicted molar refractivity (Wildman–Crippen MR) is 158 cm³/mol. The van der Waals surface area contributed by atoms with Gasteiger partial charge in [-0.25, -0.2) is 14.0 Å². The zero-order valence-corrected chi connectivity index (χ0v) is 25.1. The van der Waals surface area contributed by atoms with Gasteiger partial charge in [0, 0.05) is 34.5 Å². The van der Waals surface area contributed by atoms with Gasteiger partial charge in [0.2, 0.25) is 0 Å². The van der Waals surface area contributed by atoms with E-state index >= 15 is 0 Å². The van der Waals surface area contributed by atoms with Crippen LogP contribution in [-0.4, -0.2) is 52.8 Å². The maximum absolute atomic E-state index is 13.7. The van der Waals surface area contributed by atoms with Gasteiger partial charge in [0.05, 0.1) is 0 Å². The number of rotatable bonds is 7. The third-order valence-corrected chi connectivity index (χ3v) is 7.54. The molecule has 41 heavy (non-hydrogen) atoms. The number of Topliss-reactive ketones (excluding diaryl/α,β-unsaturated/α-hetero) is 1. The summed E-state index contributed by atoms with van der Waals surface area (Å²) in [5.41, 5.74) is 1.33. The molecular formula is C31H33ClFNO6S. The molecule has 218 valence electrons. The lowest BCUT2D eigenvalue weighted by atomic mass is 9.97. The van der Waals surface area contributed by atoms with Gasteiger partial charge >= 0.3 is 12.1 Å². The summed E-state index contributed by atoms with van der Waals surface area (Å²) in [6.07, 6.45) is 1.86. The summed E-state index contributed by atoms with van der Waals surface area (Å²) < 4.78 is 24.4. The molecule has 3 aromatic rings. The third kappa shape index (κ3) is 8.47. The number of aryl methyl sites for hydroxylation is 2. The summed E-state index contributed by atoms with van der Waals surface area (Å²) in [5.74, 6) is -1.47. The summed E-state index contributed by atoms with van der Waals surface area (Å²) in [6.45, 7) is 7.55. The number of carbonyl (C=O) groups excluding carboxylic acids is 2. The van der Waals surface area contributed by atoms with E-state index in [0.29, 0.717) is 24.3 Å². The Balaban J connectivity index is 0.000000263. The first-order valence-corrected chi connectivity index (χ1v) is 14.5. The summed E-state index contributed by atoms with van der Waals surface area (Å²) in [6, 6.07) is 17.0. The number of hydrogen-bond donors (Lipinski definition) is 1. The number of amides is 1. The summed E-state index contributed by atoms with van der Waals surface area (Å²) in [7, 11) is 0. The van der Waals surface area contributed by atoms with Crippen LogP contribution in [0.3, 0.4) is 0 Å². The number of carboxylic acids is 1.